The number of aryl methyl sites for hydroxylation is 1. The smallest absolute Gasteiger partial charge is 0.225 e. The highest BCUT2D eigenvalue weighted by Gasteiger charge is 2.22. The second-order valence-electron chi connectivity index (χ2n) is 7.98. The van der Waals surface area contributed by atoms with Gasteiger partial charge in [0.25, 0.3) is 0 Å². The third kappa shape index (κ3) is 3.81. The Kier molecular flexibility index (Phi) is 4.97. The molecule has 0 saturated carbocycles. The Morgan fingerprint density at radius 2 is 1.58 bits per heavy atom. The van der Waals surface area contributed by atoms with Crippen LogP contribution < -0.4 is 9.80 Å². The maximum absolute atomic E-state index is 13.2. The standard InChI is InChI=1S/C23H24FN7/c1-15-11-20-21(29-15)27-14-28-22(20)30-7-9-31(10-8-30)23-25-12-18(13-26-23)16(2)17-3-5-19(24)6-4-17/h3-6,11-14,16H,7-10H2,1-2H3,(H,27,28,29). The Balaban J connectivity index is 1.27. The highest BCUT2D eigenvalue weighted by molar-refractivity contribution is 5.88. The molecule has 0 bridgehead atoms. The minimum atomic E-state index is -0.226. The molecule has 1 N–H and O–H groups in total. The molecular formula is C23H24FN7. The van der Waals surface area contributed by atoms with E-state index in [0.717, 1.165) is 65.8 Å². The van der Waals surface area contributed by atoms with E-state index >= 15 is 0 Å². The first-order valence-electron chi connectivity index (χ1n) is 10.5. The largest absolute Gasteiger partial charge is 0.352 e. The first kappa shape index (κ1) is 19.4. The summed E-state index contributed by atoms with van der Waals surface area (Å²) in [5.41, 5.74) is 4.01. The van der Waals surface area contributed by atoms with Crippen LogP contribution in [0, 0.1) is 12.7 Å². The molecule has 4 aromatic rings. The van der Waals surface area contributed by atoms with Crippen molar-refractivity contribution in [3.8, 4) is 0 Å². The van der Waals surface area contributed by atoms with E-state index in [4.69, 9.17) is 0 Å². The minimum Gasteiger partial charge on any atom is -0.352 e. The molecule has 1 fully saturated rings. The van der Waals surface area contributed by atoms with E-state index < -0.39 is 0 Å². The van der Waals surface area contributed by atoms with Crippen molar-refractivity contribution in [2.75, 3.05) is 36.0 Å². The number of nitrogens with one attached hydrogen (secondary N) is 1. The Hall–Kier alpha value is -3.55. The first-order chi connectivity index (χ1) is 15.1. The van der Waals surface area contributed by atoms with Gasteiger partial charge in [0.05, 0.1) is 5.39 Å². The van der Waals surface area contributed by atoms with Gasteiger partial charge in [0.15, 0.2) is 0 Å². The molecule has 3 aromatic heterocycles. The van der Waals surface area contributed by atoms with E-state index in [1.54, 1.807) is 6.33 Å². The van der Waals surface area contributed by atoms with Gasteiger partial charge in [-0.3, -0.25) is 0 Å². The molecule has 7 nitrogen and oxygen atoms in total. The van der Waals surface area contributed by atoms with Gasteiger partial charge >= 0.3 is 0 Å². The van der Waals surface area contributed by atoms with E-state index in [0.29, 0.717) is 0 Å². The summed E-state index contributed by atoms with van der Waals surface area (Å²) in [5.74, 6) is 1.59. The summed E-state index contributed by atoms with van der Waals surface area (Å²) in [7, 11) is 0. The van der Waals surface area contributed by atoms with Crippen LogP contribution in [-0.2, 0) is 0 Å². The van der Waals surface area contributed by atoms with Crippen LogP contribution in [0.15, 0.2) is 49.1 Å². The Labute approximate surface area is 180 Å². The number of anilines is 2. The van der Waals surface area contributed by atoms with E-state index in [-0.39, 0.29) is 11.7 Å². The quantitative estimate of drug-likeness (QED) is 0.546. The van der Waals surface area contributed by atoms with Gasteiger partial charge in [-0.25, -0.2) is 24.3 Å². The topological polar surface area (TPSA) is 73.8 Å². The van der Waals surface area contributed by atoms with Crippen LogP contribution >= 0.6 is 0 Å². The van der Waals surface area contributed by atoms with Crippen LogP contribution in [-0.4, -0.2) is 51.1 Å². The van der Waals surface area contributed by atoms with Gasteiger partial charge in [0.1, 0.15) is 23.6 Å². The van der Waals surface area contributed by atoms with Crippen molar-refractivity contribution in [3.63, 3.8) is 0 Å². The fraction of sp³-hybridized carbons (Fsp3) is 0.304. The molecule has 5 rings (SSSR count). The summed E-state index contributed by atoms with van der Waals surface area (Å²) < 4.78 is 13.2. The summed E-state index contributed by atoms with van der Waals surface area (Å²) in [6.07, 6.45) is 5.36. The molecule has 0 radical (unpaired) electrons. The summed E-state index contributed by atoms with van der Waals surface area (Å²) in [5, 5.41) is 1.06. The van der Waals surface area contributed by atoms with E-state index in [1.807, 2.05) is 31.5 Å². The molecule has 158 valence electrons. The predicted molar refractivity (Wildman–Crippen MR) is 119 cm³/mol. The number of piperazine rings is 1. The monoisotopic (exact) mass is 417 g/mol. The molecule has 1 unspecified atom stereocenters. The summed E-state index contributed by atoms with van der Waals surface area (Å²) in [6.45, 7) is 7.43. The summed E-state index contributed by atoms with van der Waals surface area (Å²) in [4.78, 5) is 25.8. The molecule has 0 aliphatic carbocycles. The van der Waals surface area contributed by atoms with E-state index in [2.05, 4.69) is 47.7 Å². The highest BCUT2D eigenvalue weighted by atomic mass is 19.1. The number of hydrogen-bond acceptors (Lipinski definition) is 6. The number of H-pyrrole nitrogens is 1. The van der Waals surface area contributed by atoms with Crippen molar-refractivity contribution in [2.24, 2.45) is 0 Å². The van der Waals surface area contributed by atoms with Crippen LogP contribution in [0.1, 0.15) is 29.7 Å². The van der Waals surface area contributed by atoms with Crippen LogP contribution in [0.2, 0.25) is 0 Å². The predicted octanol–water partition coefficient (Wildman–Crippen LogP) is 3.67. The van der Waals surface area contributed by atoms with Gasteiger partial charge in [0, 0.05) is 50.2 Å². The second-order valence-corrected chi connectivity index (χ2v) is 7.98. The Bertz CT molecular complexity index is 1180. The molecule has 4 heterocycles. The molecule has 0 amide bonds. The van der Waals surface area contributed by atoms with Crippen molar-refractivity contribution in [2.45, 2.75) is 19.8 Å². The minimum absolute atomic E-state index is 0.108. The maximum Gasteiger partial charge on any atom is 0.225 e. The van der Waals surface area contributed by atoms with Crippen LogP contribution in [0.4, 0.5) is 16.2 Å². The van der Waals surface area contributed by atoms with Crippen molar-refractivity contribution >= 4 is 22.8 Å². The van der Waals surface area contributed by atoms with Crippen molar-refractivity contribution < 1.29 is 4.39 Å². The Morgan fingerprint density at radius 3 is 2.29 bits per heavy atom. The SMILES string of the molecule is Cc1cc2c(N3CCN(c4ncc(C(C)c5ccc(F)cc5)cn4)CC3)ncnc2[nH]1. The third-order valence-electron chi connectivity index (χ3n) is 5.93. The highest BCUT2D eigenvalue weighted by Crippen LogP contribution is 2.26. The average molecular weight is 417 g/mol. The lowest BCUT2D eigenvalue weighted by Crippen LogP contribution is -2.47. The fourth-order valence-electron chi connectivity index (χ4n) is 4.09. The van der Waals surface area contributed by atoms with Gasteiger partial charge in [-0.15, -0.1) is 0 Å². The molecule has 0 spiro atoms. The molecule has 31 heavy (non-hydrogen) atoms. The maximum atomic E-state index is 13.2. The lowest BCUT2D eigenvalue weighted by Gasteiger charge is -2.35. The molecule has 8 heteroatoms. The molecule has 1 aromatic carbocycles. The number of aromatic nitrogens is 5. The summed E-state index contributed by atoms with van der Waals surface area (Å²) >= 11 is 0. The number of fused-ring (bicyclic) bond motifs is 1. The van der Waals surface area contributed by atoms with Crippen molar-refractivity contribution in [1.82, 2.24) is 24.9 Å². The number of hydrogen-bond donors (Lipinski definition) is 1. The molecule has 1 saturated heterocycles. The van der Waals surface area contributed by atoms with Gasteiger partial charge in [-0.05, 0) is 36.2 Å². The molecular weight excluding hydrogens is 393 g/mol. The van der Waals surface area contributed by atoms with Gasteiger partial charge in [-0.1, -0.05) is 19.1 Å². The van der Waals surface area contributed by atoms with Crippen molar-refractivity contribution in [3.05, 3.63) is 71.7 Å². The fourth-order valence-corrected chi connectivity index (χ4v) is 4.09. The second kappa shape index (κ2) is 7.94. The molecule has 1 aliphatic heterocycles. The molecule has 1 atom stereocenters. The van der Waals surface area contributed by atoms with Crippen molar-refractivity contribution in [1.29, 1.82) is 0 Å². The number of halogens is 1. The first-order valence-corrected chi connectivity index (χ1v) is 10.5. The van der Waals surface area contributed by atoms with Crippen LogP contribution in [0.3, 0.4) is 0 Å². The Morgan fingerprint density at radius 1 is 0.903 bits per heavy atom. The average Bonchev–Trinajstić information content (AvgIpc) is 3.20. The number of rotatable bonds is 4. The zero-order valence-electron chi connectivity index (χ0n) is 17.6. The normalized spacial score (nSPS) is 15.5. The third-order valence-corrected chi connectivity index (χ3v) is 5.93. The van der Waals surface area contributed by atoms with Gasteiger partial charge in [-0.2, -0.15) is 0 Å². The van der Waals surface area contributed by atoms with E-state index in [1.165, 1.54) is 12.1 Å². The van der Waals surface area contributed by atoms with Gasteiger partial charge in [0.2, 0.25) is 5.95 Å². The summed E-state index contributed by atoms with van der Waals surface area (Å²) in [6, 6.07) is 8.69. The zero-order valence-corrected chi connectivity index (χ0v) is 17.6. The van der Waals surface area contributed by atoms with Gasteiger partial charge < -0.3 is 14.8 Å². The lowest BCUT2D eigenvalue weighted by molar-refractivity contribution is 0.626. The van der Waals surface area contributed by atoms with Crippen LogP contribution in [0.5, 0.6) is 0 Å². The lowest BCUT2D eigenvalue weighted by atomic mass is 9.95. The van der Waals surface area contributed by atoms with E-state index in [9.17, 15) is 4.39 Å². The van der Waals surface area contributed by atoms with Crippen LogP contribution in [0.25, 0.3) is 11.0 Å². The zero-order chi connectivity index (χ0) is 21.4. The number of nitrogens with zero attached hydrogens (tertiary/aromatic N) is 6. The molecule has 1 aliphatic rings. The number of benzene rings is 1. The number of aromatic amines is 1.